The monoisotopic (exact) mass is 466 g/mol. The number of aryl methyl sites for hydroxylation is 1. The van der Waals surface area contributed by atoms with E-state index in [1.807, 2.05) is 13.8 Å². The van der Waals surface area contributed by atoms with E-state index in [1.165, 1.54) is 19.4 Å². The number of rotatable bonds is 7. The third-order valence-corrected chi connectivity index (χ3v) is 5.94. The lowest BCUT2D eigenvalue weighted by atomic mass is 9.94. The van der Waals surface area contributed by atoms with Gasteiger partial charge >= 0.3 is 5.97 Å². The Morgan fingerprint density at radius 1 is 1.32 bits per heavy atom. The molecule has 0 bridgehead atoms. The minimum Gasteiger partial charge on any atom is -0.481 e. The van der Waals surface area contributed by atoms with Crippen LogP contribution in [0, 0.1) is 24.0 Å². The zero-order valence-corrected chi connectivity index (χ0v) is 19.5. The van der Waals surface area contributed by atoms with E-state index in [1.54, 1.807) is 29.9 Å². The van der Waals surface area contributed by atoms with Gasteiger partial charge in [-0.2, -0.15) is 5.10 Å². The van der Waals surface area contributed by atoms with Gasteiger partial charge < -0.3 is 14.2 Å². The number of pyridine rings is 1. The summed E-state index contributed by atoms with van der Waals surface area (Å²) in [7, 11) is 1.53. The Morgan fingerprint density at radius 2 is 2.12 bits per heavy atom. The van der Waals surface area contributed by atoms with Gasteiger partial charge in [-0.15, -0.1) is 0 Å². The van der Waals surface area contributed by atoms with Gasteiger partial charge in [-0.25, -0.2) is 9.78 Å². The Labute approximate surface area is 196 Å². The summed E-state index contributed by atoms with van der Waals surface area (Å²) in [5.41, 5.74) is 3.79. The van der Waals surface area contributed by atoms with Crippen LogP contribution in [0.2, 0.25) is 0 Å². The average molecular weight is 466 g/mol. The summed E-state index contributed by atoms with van der Waals surface area (Å²) in [6.07, 6.45) is 3.78. The topological polar surface area (TPSA) is 119 Å². The molecule has 0 spiro atoms. The first-order valence-corrected chi connectivity index (χ1v) is 11.0. The summed E-state index contributed by atoms with van der Waals surface area (Å²) < 4.78 is 17.7. The highest BCUT2D eigenvalue weighted by Gasteiger charge is 2.31. The van der Waals surface area contributed by atoms with Crippen LogP contribution in [0.1, 0.15) is 40.9 Å². The van der Waals surface area contributed by atoms with E-state index in [-0.39, 0.29) is 29.5 Å². The van der Waals surface area contributed by atoms with Gasteiger partial charge in [0, 0.05) is 24.4 Å². The number of hydrogen-bond donors (Lipinski definition) is 0. The Balaban J connectivity index is 1.92. The first kappa shape index (κ1) is 23.4. The van der Waals surface area contributed by atoms with Crippen LogP contribution >= 0.6 is 0 Å². The number of nitro benzene ring substituents is 1. The van der Waals surface area contributed by atoms with Crippen molar-refractivity contribution in [1.82, 2.24) is 14.8 Å². The average Bonchev–Trinajstić information content (AvgIpc) is 3.49. The van der Waals surface area contributed by atoms with Gasteiger partial charge in [0.1, 0.15) is 5.56 Å². The summed E-state index contributed by atoms with van der Waals surface area (Å²) in [6, 6.07) is 4.84. The molecule has 0 aliphatic carbocycles. The molecule has 10 nitrogen and oxygen atoms in total. The third kappa shape index (κ3) is 4.12. The molecular formula is C24H26N4O6. The quantitative estimate of drug-likeness (QED) is 0.287. The molecule has 1 fully saturated rings. The molecule has 0 amide bonds. The predicted octanol–water partition coefficient (Wildman–Crippen LogP) is 4.28. The molecule has 2 aromatic heterocycles. The Hall–Kier alpha value is -3.79. The molecule has 1 aliphatic rings. The fourth-order valence-electron chi connectivity index (χ4n) is 4.39. The Bertz CT molecular complexity index is 1250. The Morgan fingerprint density at radius 3 is 2.76 bits per heavy atom. The van der Waals surface area contributed by atoms with Crippen molar-refractivity contribution in [2.24, 2.45) is 0 Å². The lowest BCUT2D eigenvalue weighted by molar-refractivity contribution is -0.384. The van der Waals surface area contributed by atoms with Crippen LogP contribution in [0.25, 0.3) is 22.4 Å². The van der Waals surface area contributed by atoms with E-state index in [9.17, 15) is 14.9 Å². The molecular weight excluding hydrogens is 440 g/mol. The van der Waals surface area contributed by atoms with Gasteiger partial charge in [-0.3, -0.25) is 14.8 Å². The number of benzene rings is 1. The van der Waals surface area contributed by atoms with Crippen LogP contribution in [-0.2, 0) is 9.47 Å². The van der Waals surface area contributed by atoms with Crippen LogP contribution in [0.15, 0.2) is 30.6 Å². The summed E-state index contributed by atoms with van der Waals surface area (Å²) in [5, 5.41) is 16.6. The van der Waals surface area contributed by atoms with E-state index >= 15 is 0 Å². The zero-order valence-electron chi connectivity index (χ0n) is 19.5. The zero-order chi connectivity index (χ0) is 24.4. The molecule has 10 heteroatoms. The number of esters is 1. The van der Waals surface area contributed by atoms with Gasteiger partial charge in [0.15, 0.2) is 0 Å². The van der Waals surface area contributed by atoms with Gasteiger partial charge in [0.2, 0.25) is 5.88 Å². The molecule has 0 radical (unpaired) electrons. The van der Waals surface area contributed by atoms with Gasteiger partial charge in [-0.1, -0.05) is 6.07 Å². The van der Waals surface area contributed by atoms with Crippen LogP contribution in [0.5, 0.6) is 5.88 Å². The van der Waals surface area contributed by atoms with E-state index in [4.69, 9.17) is 14.2 Å². The van der Waals surface area contributed by atoms with Crippen LogP contribution in [0.4, 0.5) is 5.69 Å². The predicted molar refractivity (Wildman–Crippen MR) is 124 cm³/mol. The van der Waals surface area contributed by atoms with Crippen molar-refractivity contribution in [1.29, 1.82) is 0 Å². The fraction of sp³-hybridized carbons (Fsp3) is 0.375. The summed E-state index contributed by atoms with van der Waals surface area (Å²) in [6.45, 7) is 6.61. The number of methoxy groups -OCH3 is 1. The first-order valence-electron chi connectivity index (χ1n) is 11.0. The molecule has 178 valence electrons. The van der Waals surface area contributed by atoms with Crippen molar-refractivity contribution in [3.8, 4) is 28.3 Å². The first-order chi connectivity index (χ1) is 16.4. The lowest BCUT2D eigenvalue weighted by Crippen LogP contribution is -2.14. The second-order valence-electron chi connectivity index (χ2n) is 8.03. The van der Waals surface area contributed by atoms with Crippen molar-refractivity contribution < 1.29 is 23.9 Å². The minimum absolute atomic E-state index is 0.133. The normalized spacial score (nSPS) is 15.4. The van der Waals surface area contributed by atoms with E-state index < -0.39 is 10.9 Å². The molecule has 34 heavy (non-hydrogen) atoms. The third-order valence-electron chi connectivity index (χ3n) is 5.94. The highest BCUT2D eigenvalue weighted by atomic mass is 16.6. The minimum atomic E-state index is -0.577. The maximum absolute atomic E-state index is 12.7. The number of ether oxygens (including phenoxy) is 3. The van der Waals surface area contributed by atoms with Gasteiger partial charge in [-0.05, 0) is 49.9 Å². The highest BCUT2D eigenvalue weighted by Crippen LogP contribution is 2.40. The van der Waals surface area contributed by atoms with Gasteiger partial charge in [0.05, 0.1) is 48.7 Å². The molecule has 4 rings (SSSR count). The second kappa shape index (κ2) is 9.60. The number of aromatic nitrogens is 3. The lowest BCUT2D eigenvalue weighted by Gasteiger charge is -2.16. The van der Waals surface area contributed by atoms with E-state index in [2.05, 4.69) is 10.1 Å². The Kier molecular flexibility index (Phi) is 6.60. The number of carbonyl (C=O) groups is 1. The van der Waals surface area contributed by atoms with Gasteiger partial charge in [0.25, 0.3) is 5.69 Å². The molecule has 1 atom stereocenters. The smallest absolute Gasteiger partial charge is 0.341 e. The standard InChI is InChI=1S/C24H26N4O6/c1-5-34-24(29)19-12-26-27(17-8-9-33-13-17)22(19)18-7-6-16(10-20(18)28(30)31)21-14(2)11-25-23(32-4)15(21)3/h6-7,10-12,17H,5,8-9,13H2,1-4H3. The fourth-order valence-corrected chi connectivity index (χ4v) is 4.39. The molecule has 3 heterocycles. The largest absolute Gasteiger partial charge is 0.481 e. The second-order valence-corrected chi connectivity index (χ2v) is 8.03. The summed E-state index contributed by atoms with van der Waals surface area (Å²) in [5.74, 6) is -0.122. The molecule has 1 unspecified atom stereocenters. The molecule has 3 aromatic rings. The van der Waals surface area contributed by atoms with Crippen molar-refractivity contribution in [2.45, 2.75) is 33.2 Å². The maximum atomic E-state index is 12.7. The van der Waals surface area contributed by atoms with Crippen LogP contribution in [-0.4, -0.2) is 52.6 Å². The maximum Gasteiger partial charge on any atom is 0.341 e. The van der Waals surface area contributed by atoms with Crippen molar-refractivity contribution in [2.75, 3.05) is 26.9 Å². The van der Waals surface area contributed by atoms with Crippen LogP contribution < -0.4 is 4.74 Å². The number of hydrogen-bond acceptors (Lipinski definition) is 8. The number of carbonyl (C=O) groups excluding carboxylic acids is 1. The highest BCUT2D eigenvalue weighted by molar-refractivity contribution is 5.98. The molecule has 1 aliphatic heterocycles. The number of nitrogens with zero attached hydrogens (tertiary/aromatic N) is 4. The molecule has 0 saturated carbocycles. The summed E-state index contributed by atoms with van der Waals surface area (Å²) in [4.78, 5) is 28.8. The van der Waals surface area contributed by atoms with Crippen molar-refractivity contribution in [3.05, 3.63) is 57.4 Å². The molecule has 1 saturated heterocycles. The molecule has 0 N–H and O–H groups in total. The summed E-state index contributed by atoms with van der Waals surface area (Å²) >= 11 is 0. The molecule has 1 aromatic carbocycles. The number of nitro groups is 1. The van der Waals surface area contributed by atoms with E-state index in [0.717, 1.165) is 16.7 Å². The van der Waals surface area contributed by atoms with Crippen molar-refractivity contribution in [3.63, 3.8) is 0 Å². The SMILES string of the molecule is CCOC(=O)c1cnn(C2CCOC2)c1-c1ccc(-c2c(C)cnc(OC)c2C)cc1[N+](=O)[O-]. The van der Waals surface area contributed by atoms with Crippen molar-refractivity contribution >= 4 is 11.7 Å². The van der Waals surface area contributed by atoms with E-state index in [0.29, 0.717) is 36.8 Å². The van der Waals surface area contributed by atoms with Crippen LogP contribution in [0.3, 0.4) is 0 Å².